The molecule has 0 aromatic carbocycles. The zero-order valence-corrected chi connectivity index (χ0v) is 6.98. The van der Waals surface area contributed by atoms with Crippen molar-refractivity contribution < 1.29 is 35.7 Å². The molecule has 0 heterocycles. The van der Waals surface area contributed by atoms with Gasteiger partial charge in [-0.2, -0.15) is 8.78 Å². The predicted octanol–water partition coefficient (Wildman–Crippen LogP) is -0.364. The van der Waals surface area contributed by atoms with E-state index in [9.17, 15) is 30.9 Å². The molecule has 9 heteroatoms. The van der Waals surface area contributed by atoms with Gasteiger partial charge in [-0.3, -0.25) is 0 Å². The Labute approximate surface area is 71.2 Å². The van der Waals surface area contributed by atoms with Crippen LogP contribution >= 0.6 is 0 Å². The summed E-state index contributed by atoms with van der Waals surface area (Å²) in [5.74, 6) is -2.12. The molecule has 0 radical (unpaired) electrons. The molecule has 1 unspecified atom stereocenters. The molecule has 0 aliphatic rings. The molecular weight excluding hydrogens is 217 g/mol. The second-order valence-electron chi connectivity index (χ2n) is 1.90. The quantitative estimate of drug-likeness (QED) is 0.479. The lowest BCUT2D eigenvalue weighted by atomic mass is 10.4. The van der Waals surface area contributed by atoms with Crippen LogP contribution in [0, 0.1) is 0 Å². The zero-order chi connectivity index (χ0) is 10.9. The molecule has 0 aliphatic carbocycles. The highest BCUT2D eigenvalue weighted by atomic mass is 32.2. The lowest BCUT2D eigenvalue weighted by Gasteiger charge is -2.21. The molecule has 0 saturated heterocycles. The van der Waals surface area contributed by atoms with E-state index in [2.05, 4.69) is 4.74 Å². The summed E-state index contributed by atoms with van der Waals surface area (Å²) >= 11 is 0. The van der Waals surface area contributed by atoms with Crippen LogP contribution in [0.3, 0.4) is 0 Å². The van der Waals surface area contributed by atoms with Gasteiger partial charge in [0.05, 0.1) is 7.11 Å². The monoisotopic (exact) mass is 221 g/mol. The van der Waals surface area contributed by atoms with Gasteiger partial charge >= 0.3 is 11.2 Å². The van der Waals surface area contributed by atoms with Crippen molar-refractivity contribution >= 4 is 16.1 Å². The van der Waals surface area contributed by atoms with Crippen molar-refractivity contribution in [3.8, 4) is 0 Å². The molecule has 78 valence electrons. The Hall–Kier alpha value is -0.830. The van der Waals surface area contributed by atoms with Gasteiger partial charge in [0.25, 0.3) is 6.17 Å². The van der Waals surface area contributed by atoms with Crippen LogP contribution in [0.2, 0.25) is 0 Å². The van der Waals surface area contributed by atoms with Crippen LogP contribution in [0.5, 0.6) is 0 Å². The normalized spacial score (nSPS) is 15.2. The van der Waals surface area contributed by atoms with Gasteiger partial charge < -0.3 is 9.29 Å². The number of rotatable bonds is 3. The van der Waals surface area contributed by atoms with Crippen LogP contribution < -0.4 is 0 Å². The first-order valence-electron chi connectivity index (χ1n) is 2.69. The lowest BCUT2D eigenvalue weighted by Crippen LogP contribution is -2.43. The maximum Gasteiger partial charge on any atom is 0.375 e. The Balaban J connectivity index is 4.96. The van der Waals surface area contributed by atoms with Crippen molar-refractivity contribution in [1.29, 1.82) is 0 Å². The number of hydrogen-bond donors (Lipinski definition) is 0. The highest BCUT2D eigenvalue weighted by molar-refractivity contribution is 7.86. The van der Waals surface area contributed by atoms with Crippen molar-refractivity contribution in [1.82, 2.24) is 0 Å². The van der Waals surface area contributed by atoms with Crippen LogP contribution in [0.1, 0.15) is 0 Å². The summed E-state index contributed by atoms with van der Waals surface area (Å²) in [6.45, 7) is 0. The van der Waals surface area contributed by atoms with Crippen molar-refractivity contribution in [2.75, 3.05) is 7.11 Å². The summed E-state index contributed by atoms with van der Waals surface area (Å²) in [5.41, 5.74) is 0. The number of halogens is 3. The number of esters is 1. The van der Waals surface area contributed by atoms with Gasteiger partial charge in [-0.1, -0.05) is 0 Å². The summed E-state index contributed by atoms with van der Waals surface area (Å²) in [6.07, 6.45) is -3.81. The number of methoxy groups -OCH3 is 1. The molecule has 0 saturated carbocycles. The second kappa shape index (κ2) is 3.50. The third-order valence-corrected chi connectivity index (χ3v) is 1.91. The van der Waals surface area contributed by atoms with Crippen molar-refractivity contribution in [2.45, 2.75) is 11.4 Å². The fourth-order valence-electron chi connectivity index (χ4n) is 0.367. The molecule has 0 rings (SSSR count). The molecule has 0 N–H and O–H groups in total. The second-order valence-corrected chi connectivity index (χ2v) is 3.35. The topological polar surface area (TPSA) is 83.5 Å². The van der Waals surface area contributed by atoms with Gasteiger partial charge in [0.1, 0.15) is 0 Å². The molecule has 0 bridgehead atoms. The van der Waals surface area contributed by atoms with Gasteiger partial charge in [-0.15, -0.1) is 0 Å². The third kappa shape index (κ3) is 2.31. The van der Waals surface area contributed by atoms with E-state index in [4.69, 9.17) is 0 Å². The molecular formula is C4H4F3O5S-. The Morgan fingerprint density at radius 2 is 1.92 bits per heavy atom. The molecule has 0 aliphatic heterocycles. The zero-order valence-electron chi connectivity index (χ0n) is 6.16. The van der Waals surface area contributed by atoms with E-state index in [1.54, 1.807) is 0 Å². The summed E-state index contributed by atoms with van der Waals surface area (Å²) in [7, 11) is -5.64. The van der Waals surface area contributed by atoms with Crippen LogP contribution in [0.25, 0.3) is 0 Å². The average molecular weight is 221 g/mol. The number of carbonyl (C=O) groups is 1. The van der Waals surface area contributed by atoms with E-state index in [0.29, 0.717) is 7.11 Å². The standard InChI is InChI=1S/C4H5F3O5S/c1-12-3(8)2(5)4(6,7)13(9,10)11/h2H,1H3,(H,9,10,11)/p-1. The molecule has 0 aromatic rings. The van der Waals surface area contributed by atoms with Crippen molar-refractivity contribution in [3.63, 3.8) is 0 Å². The SMILES string of the molecule is COC(=O)C(F)C(F)(F)S(=O)(=O)[O-]. The van der Waals surface area contributed by atoms with E-state index in [-0.39, 0.29) is 0 Å². The highest BCUT2D eigenvalue weighted by Crippen LogP contribution is 2.27. The number of alkyl halides is 3. The van der Waals surface area contributed by atoms with Gasteiger partial charge in [-0.25, -0.2) is 17.6 Å². The summed E-state index contributed by atoms with van der Waals surface area (Å²) in [5, 5.41) is -5.31. The molecule has 13 heavy (non-hydrogen) atoms. The maximum atomic E-state index is 12.3. The van der Waals surface area contributed by atoms with Gasteiger partial charge in [0, 0.05) is 0 Å². The Kier molecular flexibility index (Phi) is 3.28. The van der Waals surface area contributed by atoms with E-state index in [1.165, 1.54) is 0 Å². The van der Waals surface area contributed by atoms with Gasteiger partial charge in [0.15, 0.2) is 10.1 Å². The fraction of sp³-hybridized carbons (Fsp3) is 0.750. The minimum Gasteiger partial charge on any atom is -0.743 e. The molecule has 0 spiro atoms. The van der Waals surface area contributed by atoms with Crippen LogP contribution in [-0.2, 0) is 19.6 Å². The van der Waals surface area contributed by atoms with E-state index in [1.807, 2.05) is 0 Å². The van der Waals surface area contributed by atoms with Crippen LogP contribution in [-0.4, -0.2) is 37.5 Å². The Morgan fingerprint density at radius 1 is 1.54 bits per heavy atom. The predicted molar refractivity (Wildman–Crippen MR) is 31.6 cm³/mol. The van der Waals surface area contributed by atoms with Gasteiger partial charge in [0.2, 0.25) is 0 Å². The molecule has 5 nitrogen and oxygen atoms in total. The highest BCUT2D eigenvalue weighted by Gasteiger charge is 2.52. The minimum absolute atomic E-state index is 0.572. The molecule has 0 fully saturated rings. The average Bonchev–Trinajstić information content (AvgIpc) is 1.99. The molecule has 0 aromatic heterocycles. The Morgan fingerprint density at radius 3 is 2.15 bits per heavy atom. The number of ether oxygens (including phenoxy) is 1. The Bertz CT molecular complexity index is 297. The van der Waals surface area contributed by atoms with Crippen molar-refractivity contribution in [2.24, 2.45) is 0 Å². The first-order chi connectivity index (χ1) is 5.64. The summed E-state index contributed by atoms with van der Waals surface area (Å²) in [4.78, 5) is 10.1. The van der Waals surface area contributed by atoms with Crippen LogP contribution in [0.15, 0.2) is 0 Å². The first kappa shape index (κ1) is 12.2. The first-order valence-corrected chi connectivity index (χ1v) is 4.10. The van der Waals surface area contributed by atoms with Crippen molar-refractivity contribution in [3.05, 3.63) is 0 Å². The lowest BCUT2D eigenvalue weighted by molar-refractivity contribution is -0.155. The molecule has 1 atom stereocenters. The van der Waals surface area contributed by atoms with E-state index in [0.717, 1.165) is 0 Å². The summed E-state index contributed by atoms with van der Waals surface area (Å²) in [6, 6.07) is 0. The fourth-order valence-corrected chi connectivity index (χ4v) is 0.717. The van der Waals surface area contributed by atoms with E-state index >= 15 is 0 Å². The molecule has 0 amide bonds. The van der Waals surface area contributed by atoms with Gasteiger partial charge in [-0.05, 0) is 0 Å². The largest absolute Gasteiger partial charge is 0.743 e. The minimum atomic E-state index is -6.22. The smallest absolute Gasteiger partial charge is 0.375 e. The summed E-state index contributed by atoms with van der Waals surface area (Å²) < 4.78 is 69.4. The van der Waals surface area contributed by atoms with E-state index < -0.39 is 27.5 Å². The third-order valence-electron chi connectivity index (χ3n) is 1.04. The van der Waals surface area contributed by atoms with Crippen LogP contribution in [0.4, 0.5) is 13.2 Å². The maximum absolute atomic E-state index is 12.3. The number of hydrogen-bond acceptors (Lipinski definition) is 5. The number of carbonyl (C=O) groups excluding carboxylic acids is 1.